The maximum atomic E-state index is 13.7. The van der Waals surface area contributed by atoms with Gasteiger partial charge in [0.05, 0.1) is 31.1 Å². The van der Waals surface area contributed by atoms with E-state index in [1.54, 1.807) is 20.4 Å². The van der Waals surface area contributed by atoms with Gasteiger partial charge in [-0.25, -0.2) is 15.0 Å². The Balaban J connectivity index is 1.24. The van der Waals surface area contributed by atoms with Crippen LogP contribution in [0.5, 0.6) is 11.6 Å². The summed E-state index contributed by atoms with van der Waals surface area (Å²) in [5.74, 6) is 3.02. The van der Waals surface area contributed by atoms with Gasteiger partial charge in [0.15, 0.2) is 5.82 Å². The standard InChI is InChI=1S/C33H35N7O3/c1-38-30-24(12-22(14-27(30)42-2)33(41)40-17-21-7-9-25(40)29(21)34)37-32(38)26-13-20-6-8-23(19-10-11-35-28(15-19)43-3)36-31(20)39(26)16-18-4-5-18/h6,8,10-15,18,21,25,29H,4-5,7,9,16-17,34H2,1-3H3/t21?,25?,29-/m1/s1. The van der Waals surface area contributed by atoms with Crippen molar-refractivity contribution in [1.29, 1.82) is 0 Å². The third kappa shape index (κ3) is 4.18. The average molecular weight is 578 g/mol. The van der Waals surface area contributed by atoms with Crippen LogP contribution in [0.3, 0.4) is 0 Å². The first-order valence-electron chi connectivity index (χ1n) is 15.1. The number of hydrogen-bond acceptors (Lipinski definition) is 7. The maximum Gasteiger partial charge on any atom is 0.254 e. The fourth-order valence-electron chi connectivity index (χ4n) is 7.16. The van der Waals surface area contributed by atoms with Gasteiger partial charge in [0.2, 0.25) is 5.88 Å². The van der Waals surface area contributed by atoms with Crippen LogP contribution in [0.2, 0.25) is 0 Å². The third-order valence-electron chi connectivity index (χ3n) is 9.67. The summed E-state index contributed by atoms with van der Waals surface area (Å²) < 4.78 is 15.6. The number of hydrogen-bond donors (Lipinski definition) is 1. The molecule has 3 aliphatic rings. The first-order valence-corrected chi connectivity index (χ1v) is 15.1. The number of aromatic nitrogens is 5. The number of pyridine rings is 2. The lowest BCUT2D eigenvalue weighted by molar-refractivity contribution is 0.0700. The van der Waals surface area contributed by atoms with E-state index in [4.69, 9.17) is 25.2 Å². The number of benzene rings is 1. The minimum absolute atomic E-state index is 0.00220. The highest BCUT2D eigenvalue weighted by Crippen LogP contribution is 2.40. The Kier molecular flexibility index (Phi) is 5.98. The zero-order chi connectivity index (χ0) is 29.4. The number of rotatable bonds is 7. The SMILES string of the molecule is COc1cc(-c2ccc3cc(-c4nc5cc(C(=O)N6CC7CCC6[C@@H]7N)cc(OC)c5n4C)n(CC4CC4)c3n2)ccn1. The average Bonchev–Trinajstić information content (AvgIpc) is 3.44. The summed E-state index contributed by atoms with van der Waals surface area (Å²) in [6.45, 7) is 1.60. The number of carbonyl (C=O) groups is 1. The van der Waals surface area contributed by atoms with E-state index in [2.05, 4.69) is 26.3 Å². The predicted octanol–water partition coefficient (Wildman–Crippen LogP) is 4.64. The lowest BCUT2D eigenvalue weighted by atomic mass is 10.1. The van der Waals surface area contributed by atoms with Crippen LogP contribution < -0.4 is 15.2 Å². The van der Waals surface area contributed by atoms with Crippen LogP contribution in [-0.2, 0) is 13.6 Å². The number of methoxy groups -OCH3 is 2. The number of fused-ring (bicyclic) bond motifs is 4. The number of nitrogens with zero attached hydrogens (tertiary/aromatic N) is 6. The molecule has 3 fully saturated rings. The van der Waals surface area contributed by atoms with E-state index in [0.717, 1.165) is 70.8 Å². The Labute approximate surface area is 249 Å². The Morgan fingerprint density at radius 1 is 1.02 bits per heavy atom. The van der Waals surface area contributed by atoms with Crippen LogP contribution in [0.15, 0.2) is 48.7 Å². The van der Waals surface area contributed by atoms with Gasteiger partial charge >= 0.3 is 0 Å². The monoisotopic (exact) mass is 577 g/mol. The van der Waals surface area contributed by atoms with Crippen molar-refractivity contribution in [2.75, 3.05) is 20.8 Å². The van der Waals surface area contributed by atoms with E-state index < -0.39 is 0 Å². The molecule has 10 heteroatoms. The smallest absolute Gasteiger partial charge is 0.254 e. The lowest BCUT2D eigenvalue weighted by Gasteiger charge is -2.27. The molecule has 10 nitrogen and oxygen atoms in total. The molecule has 5 heterocycles. The molecule has 5 aromatic rings. The summed E-state index contributed by atoms with van der Waals surface area (Å²) in [7, 11) is 5.27. The van der Waals surface area contributed by atoms with Gasteiger partial charge in [-0.1, -0.05) is 0 Å². The number of aryl methyl sites for hydroxylation is 1. The van der Waals surface area contributed by atoms with Gasteiger partial charge in [0, 0.05) is 61.0 Å². The highest BCUT2D eigenvalue weighted by atomic mass is 16.5. The van der Waals surface area contributed by atoms with Gasteiger partial charge in [0.1, 0.15) is 16.9 Å². The second-order valence-electron chi connectivity index (χ2n) is 12.3. The Morgan fingerprint density at radius 2 is 1.88 bits per heavy atom. The Bertz CT molecular complexity index is 1910. The molecule has 0 spiro atoms. The summed E-state index contributed by atoms with van der Waals surface area (Å²) in [6, 6.07) is 14.1. The number of nitrogens with two attached hydrogens (primary N) is 1. The van der Waals surface area contributed by atoms with Crippen LogP contribution >= 0.6 is 0 Å². The quantitative estimate of drug-likeness (QED) is 0.300. The zero-order valence-corrected chi connectivity index (χ0v) is 24.7. The van der Waals surface area contributed by atoms with Crippen molar-refractivity contribution in [3.63, 3.8) is 0 Å². The summed E-state index contributed by atoms with van der Waals surface area (Å²) in [5, 5.41) is 1.05. The topological polar surface area (TPSA) is 113 Å². The highest BCUT2D eigenvalue weighted by Gasteiger charge is 2.47. The Hall–Kier alpha value is -4.44. The van der Waals surface area contributed by atoms with E-state index in [9.17, 15) is 4.79 Å². The van der Waals surface area contributed by atoms with Crippen molar-refractivity contribution < 1.29 is 14.3 Å². The fraction of sp³-hybridized carbons (Fsp3) is 0.394. The molecule has 1 aromatic carbocycles. The van der Waals surface area contributed by atoms with E-state index in [0.29, 0.717) is 29.0 Å². The van der Waals surface area contributed by atoms with Crippen molar-refractivity contribution in [2.24, 2.45) is 24.6 Å². The van der Waals surface area contributed by atoms with Crippen LogP contribution in [0, 0.1) is 11.8 Å². The predicted molar refractivity (Wildman–Crippen MR) is 164 cm³/mol. The fourth-order valence-corrected chi connectivity index (χ4v) is 7.16. The largest absolute Gasteiger partial charge is 0.494 e. The molecule has 3 atom stereocenters. The minimum Gasteiger partial charge on any atom is -0.494 e. The second kappa shape index (κ2) is 9.80. The maximum absolute atomic E-state index is 13.7. The molecule has 0 radical (unpaired) electrons. The lowest BCUT2D eigenvalue weighted by Crippen LogP contribution is -2.41. The molecule has 2 saturated carbocycles. The molecular formula is C33H35N7O3. The van der Waals surface area contributed by atoms with Crippen LogP contribution in [0.4, 0.5) is 0 Å². The van der Waals surface area contributed by atoms with E-state index in [1.807, 2.05) is 42.3 Å². The van der Waals surface area contributed by atoms with Gasteiger partial charge in [-0.15, -0.1) is 0 Å². The van der Waals surface area contributed by atoms with Crippen molar-refractivity contribution >= 4 is 28.0 Å². The minimum atomic E-state index is 0.00220. The number of amides is 1. The van der Waals surface area contributed by atoms with Crippen molar-refractivity contribution in [2.45, 2.75) is 44.3 Å². The summed E-state index contributed by atoms with van der Waals surface area (Å²) in [4.78, 5) is 30.2. The normalized spacial score (nSPS) is 21.3. The van der Waals surface area contributed by atoms with Crippen LogP contribution in [0.25, 0.3) is 44.8 Å². The summed E-state index contributed by atoms with van der Waals surface area (Å²) in [6.07, 6.45) is 6.24. The zero-order valence-electron chi connectivity index (χ0n) is 24.7. The van der Waals surface area contributed by atoms with Crippen LogP contribution in [-0.4, -0.2) is 67.7 Å². The molecule has 2 unspecified atom stereocenters. The molecular weight excluding hydrogens is 542 g/mol. The van der Waals surface area contributed by atoms with Crippen molar-refractivity contribution in [3.05, 3.63) is 54.2 Å². The van der Waals surface area contributed by atoms with Crippen molar-refractivity contribution in [1.82, 2.24) is 29.0 Å². The number of carbonyl (C=O) groups excluding carboxylic acids is 1. The molecule has 2 N–H and O–H groups in total. The number of likely N-dealkylation sites (tertiary alicyclic amines) is 1. The molecule has 1 aliphatic heterocycles. The highest BCUT2D eigenvalue weighted by molar-refractivity contribution is 6.00. The van der Waals surface area contributed by atoms with Gasteiger partial charge in [-0.2, -0.15) is 0 Å². The van der Waals surface area contributed by atoms with Gasteiger partial charge in [-0.05, 0) is 73.9 Å². The molecule has 2 aliphatic carbocycles. The number of piperidine rings is 1. The number of imidazole rings is 1. The third-order valence-corrected chi connectivity index (χ3v) is 9.67. The first kappa shape index (κ1) is 26.2. The van der Waals surface area contributed by atoms with E-state index >= 15 is 0 Å². The molecule has 1 amide bonds. The van der Waals surface area contributed by atoms with Crippen molar-refractivity contribution in [3.8, 4) is 34.4 Å². The van der Waals surface area contributed by atoms with Gasteiger partial charge in [0.25, 0.3) is 5.91 Å². The van der Waals surface area contributed by atoms with E-state index in [1.165, 1.54) is 12.8 Å². The van der Waals surface area contributed by atoms with Gasteiger partial charge < -0.3 is 29.2 Å². The molecule has 2 bridgehead atoms. The molecule has 43 heavy (non-hydrogen) atoms. The molecule has 4 aromatic heterocycles. The first-order chi connectivity index (χ1) is 20.9. The van der Waals surface area contributed by atoms with E-state index in [-0.39, 0.29) is 18.0 Å². The molecule has 1 saturated heterocycles. The summed E-state index contributed by atoms with van der Waals surface area (Å²) in [5.41, 5.74) is 12.3. The number of ether oxygens (including phenoxy) is 2. The molecule has 8 rings (SSSR count). The Morgan fingerprint density at radius 3 is 2.60 bits per heavy atom. The second-order valence-corrected chi connectivity index (χ2v) is 12.3. The summed E-state index contributed by atoms with van der Waals surface area (Å²) >= 11 is 0. The van der Waals surface area contributed by atoms with Crippen LogP contribution in [0.1, 0.15) is 36.0 Å². The van der Waals surface area contributed by atoms with Gasteiger partial charge in [-0.3, -0.25) is 4.79 Å². The molecule has 220 valence electrons.